The van der Waals surface area contributed by atoms with Crippen molar-refractivity contribution >= 4 is 21.8 Å². The molecule has 0 saturated carbocycles. The Hall–Kier alpha value is -1.72. The maximum Gasteiger partial charge on any atom is 0.254 e. The van der Waals surface area contributed by atoms with E-state index < -0.39 is 5.82 Å². The highest BCUT2D eigenvalue weighted by Gasteiger charge is 2.26. The number of benzene rings is 2. The van der Waals surface area contributed by atoms with Crippen LogP contribution in [0.2, 0.25) is 0 Å². The first-order valence-electron chi connectivity index (χ1n) is 8.23. The van der Waals surface area contributed by atoms with Gasteiger partial charge in [0, 0.05) is 11.0 Å². The molecular weight excluding hydrogens is 371 g/mol. The average Bonchev–Trinajstić information content (AvgIpc) is 2.96. The summed E-state index contributed by atoms with van der Waals surface area (Å²) >= 11 is 3.47. The van der Waals surface area contributed by atoms with Gasteiger partial charge in [-0.05, 0) is 72.3 Å². The van der Waals surface area contributed by atoms with Crippen molar-refractivity contribution in [3.8, 4) is 0 Å². The normalized spacial score (nSPS) is 18.8. The minimum absolute atomic E-state index is 0.0438. The molecule has 1 atom stereocenters. The predicted molar refractivity (Wildman–Crippen MR) is 94.5 cm³/mol. The summed E-state index contributed by atoms with van der Waals surface area (Å²) in [7, 11) is 0. The molecule has 1 unspecified atom stereocenters. The Morgan fingerprint density at radius 2 is 2.04 bits per heavy atom. The Morgan fingerprint density at radius 3 is 2.92 bits per heavy atom. The number of amides is 1. The van der Waals surface area contributed by atoms with Crippen molar-refractivity contribution in [1.82, 2.24) is 10.6 Å². The highest BCUT2D eigenvalue weighted by Crippen LogP contribution is 2.33. The zero-order valence-electron chi connectivity index (χ0n) is 13.2. The largest absolute Gasteiger partial charge is 0.345 e. The van der Waals surface area contributed by atoms with Crippen LogP contribution in [0.15, 0.2) is 34.8 Å². The van der Waals surface area contributed by atoms with Crippen molar-refractivity contribution in [2.75, 3.05) is 6.54 Å². The number of halogens is 2. The van der Waals surface area contributed by atoms with Crippen molar-refractivity contribution in [1.29, 1.82) is 0 Å². The van der Waals surface area contributed by atoms with Gasteiger partial charge in [0.25, 0.3) is 5.91 Å². The maximum atomic E-state index is 14.4. The maximum absolute atomic E-state index is 14.4. The summed E-state index contributed by atoms with van der Waals surface area (Å²) in [4.78, 5) is 12.6. The Bertz CT molecular complexity index is 821. The van der Waals surface area contributed by atoms with Crippen molar-refractivity contribution in [2.24, 2.45) is 0 Å². The summed E-state index contributed by atoms with van der Waals surface area (Å²) in [6.45, 7) is 1.53. The molecule has 3 nitrogen and oxygen atoms in total. The van der Waals surface area contributed by atoms with E-state index in [1.807, 2.05) is 12.1 Å². The van der Waals surface area contributed by atoms with Crippen molar-refractivity contribution in [3.63, 3.8) is 0 Å². The second kappa shape index (κ2) is 6.30. The lowest BCUT2D eigenvalue weighted by Gasteiger charge is -2.19. The van der Waals surface area contributed by atoms with Gasteiger partial charge in [0.15, 0.2) is 0 Å². The molecule has 0 spiro atoms. The second-order valence-corrected chi connectivity index (χ2v) is 7.35. The number of fused-ring (bicyclic) bond motifs is 2. The van der Waals surface area contributed by atoms with Crippen LogP contribution in [0.1, 0.15) is 45.1 Å². The smallest absolute Gasteiger partial charge is 0.254 e. The van der Waals surface area contributed by atoms with Crippen LogP contribution in [0, 0.1) is 5.82 Å². The Labute approximate surface area is 148 Å². The molecule has 1 heterocycles. The van der Waals surface area contributed by atoms with E-state index in [1.165, 1.54) is 11.6 Å². The molecule has 0 radical (unpaired) electrons. The second-order valence-electron chi connectivity index (χ2n) is 6.44. The van der Waals surface area contributed by atoms with Gasteiger partial charge in [0.1, 0.15) is 5.82 Å². The van der Waals surface area contributed by atoms with E-state index in [-0.39, 0.29) is 17.5 Å². The van der Waals surface area contributed by atoms with Crippen LogP contribution in [0.3, 0.4) is 0 Å². The van der Waals surface area contributed by atoms with Gasteiger partial charge < -0.3 is 10.6 Å². The minimum Gasteiger partial charge on any atom is -0.345 e. The number of carbonyl (C=O) groups excluding carboxylic acids is 1. The molecule has 24 heavy (non-hydrogen) atoms. The fraction of sp³-hybridized carbons (Fsp3) is 0.316. The number of rotatable bonds is 2. The fourth-order valence-electron chi connectivity index (χ4n) is 3.65. The molecule has 1 aliphatic heterocycles. The first-order chi connectivity index (χ1) is 11.6. The topological polar surface area (TPSA) is 41.1 Å². The van der Waals surface area contributed by atoms with E-state index in [0.717, 1.165) is 47.0 Å². The summed E-state index contributed by atoms with van der Waals surface area (Å²) in [6.07, 6.45) is 2.61. The first kappa shape index (κ1) is 15.8. The van der Waals surface area contributed by atoms with Crippen LogP contribution >= 0.6 is 15.9 Å². The van der Waals surface area contributed by atoms with Gasteiger partial charge in [0.05, 0.1) is 11.6 Å². The molecule has 1 amide bonds. The Morgan fingerprint density at radius 1 is 1.17 bits per heavy atom. The van der Waals surface area contributed by atoms with E-state index in [0.29, 0.717) is 6.54 Å². The Kier molecular flexibility index (Phi) is 4.14. The standard InChI is InChI=1S/C19H18BrFN2O/c20-14-2-3-15-12(7-14)1-4-18(15)23-19(24)16-8-11-5-6-22-10-13(11)9-17(16)21/h2-3,7-9,18,22H,1,4-6,10H2,(H,23,24). The molecule has 2 N–H and O–H groups in total. The van der Waals surface area contributed by atoms with Gasteiger partial charge in [-0.2, -0.15) is 0 Å². The average molecular weight is 389 g/mol. The molecule has 0 aromatic heterocycles. The third kappa shape index (κ3) is 2.87. The quantitative estimate of drug-likeness (QED) is 0.824. The minimum atomic E-state index is -0.441. The Balaban J connectivity index is 1.58. The van der Waals surface area contributed by atoms with Crippen LogP contribution in [0.25, 0.3) is 0 Å². The number of aryl methyl sites for hydroxylation is 1. The zero-order chi connectivity index (χ0) is 16.7. The third-order valence-electron chi connectivity index (χ3n) is 4.91. The molecule has 4 rings (SSSR count). The van der Waals surface area contributed by atoms with Gasteiger partial charge in [0.2, 0.25) is 0 Å². The van der Waals surface area contributed by atoms with Crippen LogP contribution < -0.4 is 10.6 Å². The molecular formula is C19H18BrFN2O. The molecule has 2 aromatic rings. The van der Waals surface area contributed by atoms with Gasteiger partial charge in [-0.25, -0.2) is 4.39 Å². The van der Waals surface area contributed by atoms with E-state index in [2.05, 4.69) is 32.6 Å². The molecule has 0 bridgehead atoms. The van der Waals surface area contributed by atoms with Crippen molar-refractivity contribution in [2.45, 2.75) is 31.8 Å². The SMILES string of the molecule is O=C(NC1CCc2cc(Br)ccc21)c1cc2c(cc1F)CNCC2. The fourth-order valence-corrected chi connectivity index (χ4v) is 4.06. The van der Waals surface area contributed by atoms with Gasteiger partial charge in [-0.15, -0.1) is 0 Å². The van der Waals surface area contributed by atoms with Crippen molar-refractivity contribution in [3.05, 3.63) is 68.4 Å². The lowest BCUT2D eigenvalue weighted by molar-refractivity contribution is 0.0932. The highest BCUT2D eigenvalue weighted by atomic mass is 79.9. The number of hydrogen-bond donors (Lipinski definition) is 2. The number of nitrogens with one attached hydrogen (secondary N) is 2. The third-order valence-corrected chi connectivity index (χ3v) is 5.40. The summed E-state index contributed by atoms with van der Waals surface area (Å²) in [5.74, 6) is -0.765. The molecule has 5 heteroatoms. The number of hydrogen-bond acceptors (Lipinski definition) is 2. The summed E-state index contributed by atoms with van der Waals surface area (Å²) in [6, 6.07) is 9.28. The van der Waals surface area contributed by atoms with E-state index in [1.54, 1.807) is 6.07 Å². The van der Waals surface area contributed by atoms with E-state index in [4.69, 9.17) is 0 Å². The lowest BCUT2D eigenvalue weighted by Crippen LogP contribution is -2.29. The molecule has 124 valence electrons. The monoisotopic (exact) mass is 388 g/mol. The van der Waals surface area contributed by atoms with Gasteiger partial charge in [-0.1, -0.05) is 22.0 Å². The lowest BCUT2D eigenvalue weighted by atomic mass is 9.97. The summed E-state index contributed by atoms with van der Waals surface area (Å²) < 4.78 is 15.4. The highest BCUT2D eigenvalue weighted by molar-refractivity contribution is 9.10. The van der Waals surface area contributed by atoms with E-state index >= 15 is 0 Å². The molecule has 0 fully saturated rings. The van der Waals surface area contributed by atoms with Crippen LogP contribution in [0.5, 0.6) is 0 Å². The van der Waals surface area contributed by atoms with Gasteiger partial charge >= 0.3 is 0 Å². The van der Waals surface area contributed by atoms with Crippen LogP contribution in [-0.4, -0.2) is 12.5 Å². The first-order valence-corrected chi connectivity index (χ1v) is 9.02. The number of carbonyl (C=O) groups is 1. The van der Waals surface area contributed by atoms with Crippen LogP contribution in [0.4, 0.5) is 4.39 Å². The van der Waals surface area contributed by atoms with Crippen molar-refractivity contribution < 1.29 is 9.18 Å². The molecule has 2 aromatic carbocycles. The molecule has 0 saturated heterocycles. The predicted octanol–water partition coefficient (Wildman–Crippen LogP) is 3.65. The van der Waals surface area contributed by atoms with E-state index in [9.17, 15) is 9.18 Å². The summed E-state index contributed by atoms with van der Waals surface area (Å²) in [5.41, 5.74) is 4.55. The zero-order valence-corrected chi connectivity index (χ0v) is 14.7. The van der Waals surface area contributed by atoms with Gasteiger partial charge in [-0.3, -0.25) is 4.79 Å². The molecule has 1 aliphatic carbocycles. The molecule has 2 aliphatic rings. The van der Waals surface area contributed by atoms with Crippen LogP contribution in [-0.2, 0) is 19.4 Å². The summed E-state index contributed by atoms with van der Waals surface area (Å²) in [5, 5.41) is 6.23.